The van der Waals surface area contributed by atoms with E-state index in [1.807, 2.05) is 19.9 Å². The third-order valence-corrected chi connectivity index (χ3v) is 3.08. The molecule has 0 saturated heterocycles. The largest absolute Gasteiger partial charge is 0.478 e. The molecule has 0 aliphatic heterocycles. The molecule has 1 aromatic carbocycles. The lowest BCUT2D eigenvalue weighted by Gasteiger charge is -2.09. The lowest BCUT2D eigenvalue weighted by Crippen LogP contribution is -2.01. The van der Waals surface area contributed by atoms with E-state index >= 15 is 0 Å². The van der Waals surface area contributed by atoms with Gasteiger partial charge in [0.1, 0.15) is 12.1 Å². The molecule has 0 aliphatic carbocycles. The number of carboxylic acid groups (broad SMARTS) is 1. The van der Waals surface area contributed by atoms with Gasteiger partial charge in [0.05, 0.1) is 10.6 Å². The zero-order valence-electron chi connectivity index (χ0n) is 11.1. The van der Waals surface area contributed by atoms with Crippen LogP contribution in [0.4, 0.5) is 11.5 Å². The van der Waals surface area contributed by atoms with Crippen LogP contribution in [-0.2, 0) is 0 Å². The third-order valence-electron chi connectivity index (χ3n) is 2.75. The van der Waals surface area contributed by atoms with E-state index in [-0.39, 0.29) is 10.6 Å². The number of rotatable bonds is 4. The standard InChI is InChI=1S/C14H14ClN3O2/c1-8(2)12-6-13(17-7-16-12)18-9-3-4-11(15)10(5-9)14(19)20/h3-8H,1-2H3,(H,19,20)(H,16,17,18). The number of aromatic nitrogens is 2. The maximum absolute atomic E-state index is 11.0. The highest BCUT2D eigenvalue weighted by molar-refractivity contribution is 6.33. The number of aromatic carboxylic acids is 1. The molecular formula is C14H14ClN3O2. The number of anilines is 2. The van der Waals surface area contributed by atoms with Crippen LogP contribution in [0.3, 0.4) is 0 Å². The van der Waals surface area contributed by atoms with E-state index in [0.717, 1.165) is 5.69 Å². The number of hydrogen-bond donors (Lipinski definition) is 2. The molecule has 2 N–H and O–H groups in total. The van der Waals surface area contributed by atoms with Crippen molar-refractivity contribution in [2.75, 3.05) is 5.32 Å². The van der Waals surface area contributed by atoms with Crippen LogP contribution in [0, 0.1) is 0 Å². The maximum Gasteiger partial charge on any atom is 0.337 e. The van der Waals surface area contributed by atoms with Gasteiger partial charge in [0, 0.05) is 17.4 Å². The molecule has 0 radical (unpaired) electrons. The molecule has 0 bridgehead atoms. The zero-order chi connectivity index (χ0) is 14.7. The molecule has 0 aliphatic rings. The lowest BCUT2D eigenvalue weighted by atomic mass is 10.1. The van der Waals surface area contributed by atoms with Crippen molar-refractivity contribution in [3.05, 3.63) is 46.9 Å². The van der Waals surface area contributed by atoms with Crippen molar-refractivity contribution in [3.8, 4) is 0 Å². The van der Waals surface area contributed by atoms with Gasteiger partial charge in [0.2, 0.25) is 0 Å². The Labute approximate surface area is 121 Å². The Morgan fingerprint density at radius 1 is 1.30 bits per heavy atom. The van der Waals surface area contributed by atoms with Gasteiger partial charge in [0.25, 0.3) is 0 Å². The molecule has 1 heterocycles. The number of nitrogens with one attached hydrogen (secondary N) is 1. The molecule has 2 aromatic rings. The van der Waals surface area contributed by atoms with Gasteiger partial charge in [-0.3, -0.25) is 0 Å². The van der Waals surface area contributed by atoms with Gasteiger partial charge in [-0.1, -0.05) is 25.4 Å². The molecule has 5 nitrogen and oxygen atoms in total. The summed E-state index contributed by atoms with van der Waals surface area (Å²) in [7, 11) is 0. The van der Waals surface area contributed by atoms with E-state index in [9.17, 15) is 4.79 Å². The van der Waals surface area contributed by atoms with Gasteiger partial charge in [-0.25, -0.2) is 14.8 Å². The Morgan fingerprint density at radius 3 is 2.70 bits per heavy atom. The van der Waals surface area contributed by atoms with Crippen LogP contribution in [0.15, 0.2) is 30.6 Å². The number of carboxylic acids is 1. The van der Waals surface area contributed by atoms with Crippen LogP contribution >= 0.6 is 11.6 Å². The predicted molar refractivity (Wildman–Crippen MR) is 77.8 cm³/mol. The van der Waals surface area contributed by atoms with Crippen molar-refractivity contribution < 1.29 is 9.90 Å². The number of hydrogen-bond acceptors (Lipinski definition) is 4. The van der Waals surface area contributed by atoms with Gasteiger partial charge in [-0.15, -0.1) is 0 Å². The fourth-order valence-electron chi connectivity index (χ4n) is 1.67. The third kappa shape index (κ3) is 3.24. The second-order valence-corrected chi connectivity index (χ2v) is 5.01. The molecule has 0 spiro atoms. The van der Waals surface area contributed by atoms with Crippen molar-refractivity contribution in [3.63, 3.8) is 0 Å². The molecule has 0 amide bonds. The van der Waals surface area contributed by atoms with Gasteiger partial charge in [0.15, 0.2) is 0 Å². The summed E-state index contributed by atoms with van der Waals surface area (Å²) in [6.45, 7) is 4.08. The summed E-state index contributed by atoms with van der Waals surface area (Å²) in [4.78, 5) is 19.3. The fourth-order valence-corrected chi connectivity index (χ4v) is 1.87. The summed E-state index contributed by atoms with van der Waals surface area (Å²) >= 11 is 5.83. The second kappa shape index (κ2) is 5.88. The predicted octanol–water partition coefficient (Wildman–Crippen LogP) is 3.70. The average molecular weight is 292 g/mol. The van der Waals surface area contributed by atoms with Crippen molar-refractivity contribution >= 4 is 29.1 Å². The molecule has 0 saturated carbocycles. The molecule has 0 unspecified atom stereocenters. The number of halogens is 1. The Bertz CT molecular complexity index is 644. The van der Waals surface area contributed by atoms with Crippen molar-refractivity contribution in [2.24, 2.45) is 0 Å². The van der Waals surface area contributed by atoms with Crippen molar-refractivity contribution in [1.29, 1.82) is 0 Å². The monoisotopic (exact) mass is 291 g/mol. The minimum Gasteiger partial charge on any atom is -0.478 e. The molecule has 0 atom stereocenters. The molecule has 20 heavy (non-hydrogen) atoms. The summed E-state index contributed by atoms with van der Waals surface area (Å²) in [5.41, 5.74) is 1.57. The Balaban J connectivity index is 2.28. The van der Waals surface area contributed by atoms with E-state index in [1.54, 1.807) is 6.07 Å². The number of nitrogens with zero attached hydrogens (tertiary/aromatic N) is 2. The highest BCUT2D eigenvalue weighted by atomic mass is 35.5. The summed E-state index contributed by atoms with van der Waals surface area (Å²) in [6, 6.07) is 6.55. The van der Waals surface area contributed by atoms with Gasteiger partial charge >= 0.3 is 5.97 Å². The molecule has 0 fully saturated rings. The van der Waals surface area contributed by atoms with Gasteiger partial charge < -0.3 is 10.4 Å². The average Bonchev–Trinajstić information content (AvgIpc) is 2.41. The second-order valence-electron chi connectivity index (χ2n) is 4.61. The number of carbonyl (C=O) groups is 1. The highest BCUT2D eigenvalue weighted by Gasteiger charge is 2.10. The summed E-state index contributed by atoms with van der Waals surface area (Å²) in [5.74, 6) is -0.162. The normalized spacial score (nSPS) is 10.6. The van der Waals surface area contributed by atoms with Gasteiger partial charge in [-0.2, -0.15) is 0 Å². The Hall–Kier alpha value is -2.14. The quantitative estimate of drug-likeness (QED) is 0.898. The maximum atomic E-state index is 11.0. The van der Waals surface area contributed by atoms with E-state index in [2.05, 4.69) is 15.3 Å². The number of benzene rings is 1. The van der Waals surface area contributed by atoms with Crippen LogP contribution in [0.25, 0.3) is 0 Å². The van der Waals surface area contributed by atoms with Gasteiger partial charge in [-0.05, 0) is 24.1 Å². The molecular weight excluding hydrogens is 278 g/mol. The first-order valence-corrected chi connectivity index (χ1v) is 6.47. The molecule has 2 rings (SSSR count). The smallest absolute Gasteiger partial charge is 0.337 e. The summed E-state index contributed by atoms with van der Waals surface area (Å²) in [6.07, 6.45) is 1.48. The van der Waals surface area contributed by atoms with Crippen LogP contribution in [0.2, 0.25) is 5.02 Å². The molecule has 6 heteroatoms. The molecule has 1 aromatic heterocycles. The highest BCUT2D eigenvalue weighted by Crippen LogP contribution is 2.23. The minimum atomic E-state index is -1.07. The van der Waals surface area contributed by atoms with Crippen LogP contribution < -0.4 is 5.32 Å². The Kier molecular flexibility index (Phi) is 4.20. The van der Waals surface area contributed by atoms with E-state index < -0.39 is 5.97 Å². The molecule has 104 valence electrons. The first-order chi connectivity index (χ1) is 9.47. The minimum absolute atomic E-state index is 0.0507. The van der Waals surface area contributed by atoms with E-state index in [1.165, 1.54) is 18.5 Å². The lowest BCUT2D eigenvalue weighted by molar-refractivity contribution is 0.0697. The first-order valence-electron chi connectivity index (χ1n) is 6.09. The van der Waals surface area contributed by atoms with Crippen molar-refractivity contribution in [2.45, 2.75) is 19.8 Å². The Morgan fingerprint density at radius 2 is 2.05 bits per heavy atom. The summed E-state index contributed by atoms with van der Waals surface area (Å²) < 4.78 is 0. The SMILES string of the molecule is CC(C)c1cc(Nc2ccc(Cl)c(C(=O)O)c2)ncn1. The fraction of sp³-hybridized carbons (Fsp3) is 0.214. The van der Waals surface area contributed by atoms with Crippen molar-refractivity contribution in [1.82, 2.24) is 9.97 Å². The topological polar surface area (TPSA) is 75.1 Å². The summed E-state index contributed by atoms with van der Waals surface area (Å²) in [5, 5.41) is 12.3. The van der Waals surface area contributed by atoms with Crippen LogP contribution in [0.5, 0.6) is 0 Å². The van der Waals surface area contributed by atoms with Crippen LogP contribution in [-0.4, -0.2) is 21.0 Å². The van der Waals surface area contributed by atoms with E-state index in [4.69, 9.17) is 16.7 Å². The van der Waals surface area contributed by atoms with Crippen LogP contribution in [0.1, 0.15) is 35.8 Å². The zero-order valence-corrected chi connectivity index (χ0v) is 11.8. The van der Waals surface area contributed by atoms with E-state index in [0.29, 0.717) is 17.4 Å². The first kappa shape index (κ1) is 14.3.